The van der Waals surface area contributed by atoms with Gasteiger partial charge in [0.1, 0.15) is 6.23 Å². The van der Waals surface area contributed by atoms with E-state index in [1.165, 1.54) is 4.90 Å². The number of likely N-dealkylation sites (N-methyl/N-ethyl adjacent to an activating group) is 1. The lowest BCUT2D eigenvalue weighted by molar-refractivity contribution is -0.0963. The smallest absolute Gasteiger partial charge is 0.321 e. The van der Waals surface area contributed by atoms with Crippen molar-refractivity contribution >= 4 is 6.03 Å². The largest absolute Gasteiger partial charge is 0.368 e. The molecule has 1 fully saturated rings. The molecule has 0 aromatic carbocycles. The van der Waals surface area contributed by atoms with E-state index in [-0.39, 0.29) is 17.8 Å². The fourth-order valence-corrected chi connectivity index (χ4v) is 3.11. The second-order valence-electron chi connectivity index (χ2n) is 7.70. The highest BCUT2D eigenvalue weighted by Crippen LogP contribution is 2.30. The van der Waals surface area contributed by atoms with E-state index in [0.29, 0.717) is 5.70 Å². The molecule has 160 valence electrons. The first-order chi connectivity index (χ1) is 13.2. The molecule has 2 amide bonds. The van der Waals surface area contributed by atoms with Crippen molar-refractivity contribution in [2.24, 2.45) is 0 Å². The molecule has 1 unspecified atom stereocenters. The Labute approximate surface area is 171 Å². The molecule has 0 aliphatic carbocycles. The van der Waals surface area contributed by atoms with Gasteiger partial charge in [0.05, 0.1) is 16.9 Å². The summed E-state index contributed by atoms with van der Waals surface area (Å²) in [4.78, 5) is 15.6. The van der Waals surface area contributed by atoms with Gasteiger partial charge in [-0.3, -0.25) is 5.01 Å². The Morgan fingerprint density at radius 1 is 1.29 bits per heavy atom. The van der Waals surface area contributed by atoms with Crippen LogP contribution in [0.1, 0.15) is 46.5 Å². The van der Waals surface area contributed by atoms with Gasteiger partial charge in [0.25, 0.3) is 0 Å². The highest BCUT2D eigenvalue weighted by molar-refractivity contribution is 5.76. The van der Waals surface area contributed by atoms with Crippen LogP contribution in [0.15, 0.2) is 36.3 Å². The Hall–Kier alpha value is -1.99. The number of carbonyl (C=O) groups is 1. The van der Waals surface area contributed by atoms with E-state index < -0.39 is 0 Å². The minimum absolute atomic E-state index is 0.0144. The van der Waals surface area contributed by atoms with Crippen LogP contribution >= 0.6 is 0 Å². The van der Waals surface area contributed by atoms with Crippen LogP contribution in [0.25, 0.3) is 0 Å². The Morgan fingerprint density at radius 3 is 2.43 bits per heavy atom. The van der Waals surface area contributed by atoms with Gasteiger partial charge in [-0.1, -0.05) is 19.6 Å². The van der Waals surface area contributed by atoms with Crippen molar-refractivity contribution in [1.82, 2.24) is 25.6 Å². The third-order valence-corrected chi connectivity index (χ3v) is 5.06. The van der Waals surface area contributed by atoms with Crippen LogP contribution in [0.3, 0.4) is 0 Å². The maximum absolute atomic E-state index is 12.0. The van der Waals surface area contributed by atoms with Crippen molar-refractivity contribution in [3.8, 4) is 0 Å². The molecule has 0 bridgehead atoms. The normalized spacial score (nSPS) is 18.5. The number of rotatable bonds is 9. The number of urea groups is 1. The van der Waals surface area contributed by atoms with Crippen molar-refractivity contribution in [1.29, 1.82) is 0 Å². The maximum Gasteiger partial charge on any atom is 0.321 e. The molecule has 1 atom stereocenters. The first-order valence-corrected chi connectivity index (χ1v) is 10.0. The van der Waals surface area contributed by atoms with Gasteiger partial charge in [-0.15, -0.1) is 0 Å². The van der Waals surface area contributed by atoms with Crippen molar-refractivity contribution in [3.63, 3.8) is 0 Å². The van der Waals surface area contributed by atoms with Crippen molar-refractivity contribution in [3.05, 3.63) is 36.3 Å². The molecular weight excluding hydrogens is 354 g/mol. The van der Waals surface area contributed by atoms with Crippen LogP contribution in [-0.4, -0.2) is 67.4 Å². The lowest BCUT2D eigenvalue weighted by Crippen LogP contribution is -2.54. The minimum Gasteiger partial charge on any atom is -0.368 e. The number of allylic oxidation sites excluding steroid dienone is 2. The summed E-state index contributed by atoms with van der Waals surface area (Å²) in [6.07, 6.45) is 9.98. The summed E-state index contributed by atoms with van der Waals surface area (Å²) in [6.45, 7) is 11.1. The predicted molar refractivity (Wildman–Crippen MR) is 115 cm³/mol. The van der Waals surface area contributed by atoms with Crippen LogP contribution in [0.5, 0.6) is 0 Å². The Bertz CT molecular complexity index is 577. The van der Waals surface area contributed by atoms with Gasteiger partial charge in [-0.05, 0) is 45.6 Å². The minimum atomic E-state index is -0.350. The van der Waals surface area contributed by atoms with E-state index in [1.54, 1.807) is 20.2 Å². The zero-order valence-electron chi connectivity index (χ0n) is 18.7. The molecule has 7 nitrogen and oxygen atoms in total. The summed E-state index contributed by atoms with van der Waals surface area (Å²) in [5, 5.41) is 5.00. The SMILES string of the molecule is C=C/C(=C\N(C)C(C)(C)/C(=C\CC)N(NC)C1CCCCO1)NC(=O)N(C)C. The van der Waals surface area contributed by atoms with Gasteiger partial charge in [-0.2, -0.15) is 0 Å². The summed E-state index contributed by atoms with van der Waals surface area (Å²) in [7, 11) is 7.35. The molecule has 28 heavy (non-hydrogen) atoms. The van der Waals surface area contributed by atoms with Crippen molar-refractivity contribution in [2.75, 3.05) is 34.8 Å². The fourth-order valence-electron chi connectivity index (χ4n) is 3.11. The molecule has 0 saturated carbocycles. The Kier molecular flexibility index (Phi) is 9.55. The van der Waals surface area contributed by atoms with Crippen molar-refractivity contribution in [2.45, 2.75) is 58.2 Å². The Morgan fingerprint density at radius 2 is 1.96 bits per heavy atom. The van der Waals surface area contributed by atoms with Gasteiger partial charge in [0.2, 0.25) is 0 Å². The lowest BCUT2D eigenvalue weighted by Gasteiger charge is -2.45. The number of hydrogen-bond acceptors (Lipinski definition) is 5. The molecule has 1 saturated heterocycles. The molecule has 1 aliphatic rings. The van der Waals surface area contributed by atoms with Crippen LogP contribution in [0.2, 0.25) is 0 Å². The average molecular weight is 394 g/mol. The highest BCUT2D eigenvalue weighted by atomic mass is 16.5. The molecule has 1 rings (SSSR count). The molecule has 1 aliphatic heterocycles. The van der Waals surface area contributed by atoms with Crippen LogP contribution in [0, 0.1) is 0 Å². The lowest BCUT2D eigenvalue weighted by atomic mass is 9.96. The number of hydrazine groups is 1. The predicted octanol–water partition coefficient (Wildman–Crippen LogP) is 3.25. The third-order valence-electron chi connectivity index (χ3n) is 5.06. The first kappa shape index (κ1) is 24.0. The molecule has 0 aromatic heterocycles. The third kappa shape index (κ3) is 6.27. The van der Waals surface area contributed by atoms with Gasteiger partial charge in [-0.25, -0.2) is 10.2 Å². The fraction of sp³-hybridized carbons (Fsp3) is 0.667. The van der Waals surface area contributed by atoms with Crippen LogP contribution in [0.4, 0.5) is 4.79 Å². The molecule has 0 aromatic rings. The maximum atomic E-state index is 12.0. The van der Waals surface area contributed by atoms with Gasteiger partial charge >= 0.3 is 6.03 Å². The number of hydrogen-bond donors (Lipinski definition) is 2. The van der Waals surface area contributed by atoms with Gasteiger partial charge in [0, 0.05) is 41.0 Å². The molecule has 1 heterocycles. The van der Waals surface area contributed by atoms with E-state index >= 15 is 0 Å². The van der Waals surface area contributed by atoms with E-state index in [1.807, 2.05) is 20.3 Å². The van der Waals surface area contributed by atoms with Gasteiger partial charge in [0.15, 0.2) is 0 Å². The van der Waals surface area contributed by atoms with Gasteiger partial charge < -0.3 is 19.9 Å². The monoisotopic (exact) mass is 393 g/mol. The van der Waals surface area contributed by atoms with Crippen molar-refractivity contribution < 1.29 is 9.53 Å². The molecular formula is C21H39N5O2. The highest BCUT2D eigenvalue weighted by Gasteiger charge is 2.34. The summed E-state index contributed by atoms with van der Waals surface area (Å²) < 4.78 is 6.02. The summed E-state index contributed by atoms with van der Waals surface area (Å²) >= 11 is 0. The van der Waals surface area contributed by atoms with E-state index in [4.69, 9.17) is 4.74 Å². The zero-order valence-corrected chi connectivity index (χ0v) is 18.7. The summed E-state index contributed by atoms with van der Waals surface area (Å²) in [6, 6.07) is -0.186. The second-order valence-corrected chi connectivity index (χ2v) is 7.70. The zero-order chi connectivity index (χ0) is 21.3. The van der Waals surface area contributed by atoms with E-state index in [0.717, 1.165) is 38.0 Å². The number of carbonyl (C=O) groups excluding carboxylic acids is 1. The quantitative estimate of drug-likeness (QED) is 0.465. The second kappa shape index (κ2) is 11.1. The van der Waals surface area contributed by atoms with E-state index in [2.05, 4.69) is 54.1 Å². The topological polar surface area (TPSA) is 60.1 Å². The molecule has 7 heteroatoms. The van der Waals surface area contributed by atoms with Crippen LogP contribution < -0.4 is 10.7 Å². The van der Waals surface area contributed by atoms with Crippen LogP contribution in [-0.2, 0) is 4.74 Å². The molecule has 2 N–H and O–H groups in total. The molecule has 0 radical (unpaired) electrons. The average Bonchev–Trinajstić information content (AvgIpc) is 2.67. The number of nitrogens with zero attached hydrogens (tertiary/aromatic N) is 3. The summed E-state index contributed by atoms with van der Waals surface area (Å²) in [5.41, 5.74) is 4.76. The first-order valence-electron chi connectivity index (χ1n) is 10.0. The number of amides is 2. The van der Waals surface area contributed by atoms with E-state index in [9.17, 15) is 4.79 Å². The summed E-state index contributed by atoms with van der Waals surface area (Å²) in [5.74, 6) is 0. The molecule has 0 spiro atoms. The number of nitrogens with one attached hydrogen (secondary N) is 2. The number of ether oxygens (including phenoxy) is 1. The Balaban J connectivity index is 3.13. The standard InChI is InChI=1S/C21H39N5O2/c1-9-13-18(26(22-5)19-14-11-12-15-28-19)21(3,4)25(8)16-17(10-2)23-20(27)24(6)7/h10,13,16,19,22H,2,9,11-12,14-15H2,1,3-8H3,(H,23,27)/b17-16+,18-13+.